The first-order valence-electron chi connectivity index (χ1n) is 6.69. The second-order valence-corrected chi connectivity index (χ2v) is 11.5. The summed E-state index contributed by atoms with van der Waals surface area (Å²) in [5.41, 5.74) is 3.07. The van der Waals surface area contributed by atoms with Crippen LogP contribution in [-0.2, 0) is 0 Å². The zero-order chi connectivity index (χ0) is 14.6. The Morgan fingerprint density at radius 3 is 2.45 bits per heavy atom. The Balaban J connectivity index is 1.72. The molecule has 2 heterocycles. The molecule has 3 rings (SSSR count). The molecule has 1 aliphatic carbocycles. The molecule has 0 atom stereocenters. The Labute approximate surface area is 118 Å². The molecule has 2 fully saturated rings. The van der Waals surface area contributed by atoms with Crippen LogP contribution in [0.4, 0.5) is 14.6 Å². The molecule has 0 unspecified atom stereocenters. The van der Waals surface area contributed by atoms with E-state index in [0.29, 0.717) is 24.6 Å². The van der Waals surface area contributed by atoms with Gasteiger partial charge in [-0.3, -0.25) is 4.98 Å². The van der Waals surface area contributed by atoms with E-state index < -0.39 is 19.4 Å². The maximum atomic E-state index is 13.2. The van der Waals surface area contributed by atoms with Gasteiger partial charge in [0.25, 0.3) is 5.92 Å². The molecule has 0 aromatic carbocycles. The van der Waals surface area contributed by atoms with Gasteiger partial charge in [-0.1, -0.05) is 25.6 Å². The lowest BCUT2D eigenvalue weighted by atomic mass is 9.96. The molecule has 0 radical (unpaired) electrons. The lowest BCUT2D eigenvalue weighted by Crippen LogP contribution is -2.52. The summed E-state index contributed by atoms with van der Waals surface area (Å²) in [6, 6.07) is 0. The lowest BCUT2D eigenvalue weighted by Gasteiger charge is -2.40. The van der Waals surface area contributed by atoms with Gasteiger partial charge in [0, 0.05) is 19.5 Å². The maximum Gasteiger partial charge on any atom is 0.258 e. The number of alkyl halides is 2. The Hall–Kier alpha value is -1.48. The van der Waals surface area contributed by atoms with Crippen LogP contribution >= 0.6 is 0 Å². The van der Waals surface area contributed by atoms with Gasteiger partial charge >= 0.3 is 0 Å². The Morgan fingerprint density at radius 1 is 1.25 bits per heavy atom. The van der Waals surface area contributed by atoms with Crippen molar-refractivity contribution >= 4 is 13.9 Å². The summed E-state index contributed by atoms with van der Waals surface area (Å²) in [5, 5.41) is 0. The van der Waals surface area contributed by atoms with Crippen LogP contribution in [0, 0.1) is 16.9 Å². The number of halogens is 2. The normalized spacial score (nSPS) is 21.9. The molecule has 1 aliphatic heterocycles. The van der Waals surface area contributed by atoms with Gasteiger partial charge in [0.05, 0.1) is 17.8 Å². The van der Waals surface area contributed by atoms with Crippen LogP contribution < -0.4 is 4.90 Å². The minimum atomic E-state index is -2.48. The lowest BCUT2D eigenvalue weighted by molar-refractivity contribution is 0.0518. The third-order valence-corrected chi connectivity index (χ3v) is 4.58. The van der Waals surface area contributed by atoms with Crippen LogP contribution in [0.25, 0.3) is 0 Å². The van der Waals surface area contributed by atoms with Crippen molar-refractivity contribution in [3.05, 3.63) is 18.1 Å². The van der Waals surface area contributed by atoms with Crippen LogP contribution in [0.1, 0.15) is 12.1 Å². The molecule has 1 spiro atoms. The fourth-order valence-electron chi connectivity index (χ4n) is 2.39. The van der Waals surface area contributed by atoms with Gasteiger partial charge in [-0.05, 0) is 0 Å². The molecule has 0 amide bonds. The topological polar surface area (TPSA) is 29.0 Å². The van der Waals surface area contributed by atoms with Crippen molar-refractivity contribution in [3.63, 3.8) is 0 Å². The number of aromatic nitrogens is 2. The molecule has 106 valence electrons. The van der Waals surface area contributed by atoms with E-state index in [1.807, 2.05) is 4.90 Å². The number of rotatable bonds is 1. The monoisotopic (exact) mass is 293 g/mol. The Kier molecular flexibility index (Phi) is 2.71. The highest BCUT2D eigenvalue weighted by atomic mass is 28.3. The van der Waals surface area contributed by atoms with Gasteiger partial charge < -0.3 is 4.90 Å². The Bertz CT molecular complexity index is 607. The predicted molar refractivity (Wildman–Crippen MR) is 76.5 cm³/mol. The van der Waals surface area contributed by atoms with Crippen LogP contribution in [0.3, 0.4) is 0 Å². The average molecular weight is 293 g/mol. The van der Waals surface area contributed by atoms with E-state index in [4.69, 9.17) is 0 Å². The summed E-state index contributed by atoms with van der Waals surface area (Å²) >= 11 is 0. The predicted octanol–water partition coefficient (Wildman–Crippen LogP) is 2.55. The van der Waals surface area contributed by atoms with E-state index in [0.717, 1.165) is 0 Å². The highest BCUT2D eigenvalue weighted by Crippen LogP contribution is 2.65. The number of anilines is 1. The molecule has 0 N–H and O–H groups in total. The van der Waals surface area contributed by atoms with Crippen molar-refractivity contribution in [2.24, 2.45) is 5.41 Å². The zero-order valence-electron chi connectivity index (χ0n) is 11.9. The standard InChI is InChI=1S/C14H17F2N3Si/c1-20(2,3)5-4-11-6-17-7-12(18-11)19-9-13(10-19)8-14(13,15)16/h6-7H,8-10H2,1-3H3. The maximum absolute atomic E-state index is 13.2. The fraction of sp³-hybridized carbons (Fsp3) is 0.571. The van der Waals surface area contributed by atoms with E-state index in [-0.39, 0.29) is 6.42 Å². The van der Waals surface area contributed by atoms with Crippen molar-refractivity contribution in [1.82, 2.24) is 9.97 Å². The summed E-state index contributed by atoms with van der Waals surface area (Å²) in [4.78, 5) is 10.4. The summed E-state index contributed by atoms with van der Waals surface area (Å²) < 4.78 is 26.3. The van der Waals surface area contributed by atoms with Crippen LogP contribution in [0.2, 0.25) is 19.6 Å². The molecule has 3 nitrogen and oxygen atoms in total. The summed E-state index contributed by atoms with van der Waals surface area (Å²) in [6.07, 6.45) is 3.25. The molecule has 20 heavy (non-hydrogen) atoms. The number of hydrogen-bond acceptors (Lipinski definition) is 3. The van der Waals surface area contributed by atoms with Gasteiger partial charge in [-0.25, -0.2) is 13.8 Å². The van der Waals surface area contributed by atoms with E-state index >= 15 is 0 Å². The summed E-state index contributed by atoms with van der Waals surface area (Å²) in [7, 11) is -1.45. The second kappa shape index (κ2) is 4.01. The van der Waals surface area contributed by atoms with E-state index in [2.05, 4.69) is 41.1 Å². The fourth-order valence-corrected chi connectivity index (χ4v) is 2.89. The van der Waals surface area contributed by atoms with E-state index in [1.54, 1.807) is 12.4 Å². The van der Waals surface area contributed by atoms with E-state index in [9.17, 15) is 8.78 Å². The first-order chi connectivity index (χ1) is 9.21. The van der Waals surface area contributed by atoms with Crippen molar-refractivity contribution in [2.45, 2.75) is 32.0 Å². The molecule has 1 saturated heterocycles. The van der Waals surface area contributed by atoms with Crippen LogP contribution in [-0.4, -0.2) is 37.1 Å². The smallest absolute Gasteiger partial charge is 0.258 e. The number of nitrogens with zero attached hydrogens (tertiary/aromatic N) is 3. The van der Waals surface area contributed by atoms with Crippen LogP contribution in [0.5, 0.6) is 0 Å². The van der Waals surface area contributed by atoms with E-state index in [1.165, 1.54) is 0 Å². The van der Waals surface area contributed by atoms with Crippen molar-refractivity contribution in [2.75, 3.05) is 18.0 Å². The molecule has 1 aromatic rings. The van der Waals surface area contributed by atoms with Crippen LogP contribution in [0.15, 0.2) is 12.4 Å². The SMILES string of the molecule is C[Si](C)(C)C#Cc1cncc(N2CC3(C2)CC3(F)F)n1. The molecule has 2 aliphatic rings. The molecule has 1 aromatic heterocycles. The third kappa shape index (κ3) is 2.31. The van der Waals surface area contributed by atoms with Gasteiger partial charge in [0.1, 0.15) is 19.6 Å². The van der Waals surface area contributed by atoms with Gasteiger partial charge in [0.2, 0.25) is 0 Å². The highest BCUT2D eigenvalue weighted by molar-refractivity contribution is 6.83. The summed E-state index contributed by atoms with van der Waals surface area (Å²) in [5.74, 6) is 1.22. The molecule has 1 saturated carbocycles. The van der Waals surface area contributed by atoms with Gasteiger partial charge in [-0.15, -0.1) is 5.54 Å². The highest BCUT2D eigenvalue weighted by Gasteiger charge is 2.76. The minimum absolute atomic E-state index is 0.0129. The molecule has 6 heteroatoms. The van der Waals surface area contributed by atoms with Crippen molar-refractivity contribution in [3.8, 4) is 11.5 Å². The zero-order valence-corrected chi connectivity index (χ0v) is 12.9. The van der Waals surface area contributed by atoms with Gasteiger partial charge in [0.15, 0.2) is 0 Å². The van der Waals surface area contributed by atoms with Crippen molar-refractivity contribution < 1.29 is 8.78 Å². The summed E-state index contributed by atoms with van der Waals surface area (Å²) in [6.45, 7) is 7.22. The molecular weight excluding hydrogens is 276 g/mol. The Morgan fingerprint density at radius 2 is 1.90 bits per heavy atom. The largest absolute Gasteiger partial charge is 0.354 e. The van der Waals surface area contributed by atoms with Crippen molar-refractivity contribution in [1.29, 1.82) is 0 Å². The third-order valence-electron chi connectivity index (χ3n) is 3.71. The second-order valence-electron chi connectivity index (χ2n) is 6.78. The molecular formula is C14H17F2N3Si. The minimum Gasteiger partial charge on any atom is -0.354 e. The first-order valence-corrected chi connectivity index (χ1v) is 10.2. The average Bonchev–Trinajstić information content (AvgIpc) is 2.88. The quantitative estimate of drug-likeness (QED) is 0.588. The first kappa shape index (κ1) is 13.5. The van der Waals surface area contributed by atoms with Gasteiger partial charge in [-0.2, -0.15) is 0 Å². The number of hydrogen-bond donors (Lipinski definition) is 0. The molecule has 0 bridgehead atoms.